The molecule has 2 aromatic rings. The van der Waals surface area contributed by atoms with Crippen molar-refractivity contribution < 1.29 is 4.79 Å². The Kier molecular flexibility index (Phi) is 4.73. The summed E-state index contributed by atoms with van der Waals surface area (Å²) in [4.78, 5) is 12.3. The molecule has 5 nitrogen and oxygen atoms in total. The van der Waals surface area contributed by atoms with Crippen LogP contribution in [-0.4, -0.2) is 26.4 Å². The van der Waals surface area contributed by atoms with Crippen molar-refractivity contribution in [1.29, 1.82) is 0 Å². The standard InChI is InChI=1S/C18H21ClN4OS/c1-11(13-3-2-4-14(19)9-13)20-16(24)10-25-18-22-21-17(12-5-6-12)23(18)15-7-8-15/h2-4,9,11-12,15H,5-8,10H2,1H3,(H,20,24)/t11-/m0/s1. The van der Waals surface area contributed by atoms with Crippen LogP contribution in [0.15, 0.2) is 29.4 Å². The van der Waals surface area contributed by atoms with Gasteiger partial charge in [-0.15, -0.1) is 10.2 Å². The third-order valence-electron chi connectivity index (χ3n) is 4.60. The fourth-order valence-corrected chi connectivity index (χ4v) is 3.98. The highest BCUT2D eigenvalue weighted by Crippen LogP contribution is 2.45. The Balaban J connectivity index is 1.36. The molecule has 1 aromatic heterocycles. The number of hydrogen-bond donors (Lipinski definition) is 1. The van der Waals surface area contributed by atoms with E-state index in [2.05, 4.69) is 20.1 Å². The van der Waals surface area contributed by atoms with Gasteiger partial charge in [0.15, 0.2) is 5.16 Å². The van der Waals surface area contributed by atoms with E-state index in [1.807, 2.05) is 31.2 Å². The maximum Gasteiger partial charge on any atom is 0.230 e. The lowest BCUT2D eigenvalue weighted by Gasteiger charge is -2.14. The smallest absolute Gasteiger partial charge is 0.230 e. The summed E-state index contributed by atoms with van der Waals surface area (Å²) in [6.07, 6.45) is 4.83. The molecule has 2 fully saturated rings. The molecule has 132 valence electrons. The van der Waals surface area contributed by atoms with Crippen LogP contribution >= 0.6 is 23.4 Å². The van der Waals surface area contributed by atoms with Gasteiger partial charge in [0, 0.05) is 17.0 Å². The zero-order chi connectivity index (χ0) is 17.4. The van der Waals surface area contributed by atoms with Crippen LogP contribution in [0, 0.1) is 0 Å². The van der Waals surface area contributed by atoms with Crippen LogP contribution in [0.5, 0.6) is 0 Å². The van der Waals surface area contributed by atoms with Crippen molar-refractivity contribution in [3.63, 3.8) is 0 Å². The third kappa shape index (κ3) is 4.01. The van der Waals surface area contributed by atoms with Gasteiger partial charge < -0.3 is 9.88 Å². The van der Waals surface area contributed by atoms with Crippen LogP contribution < -0.4 is 5.32 Å². The quantitative estimate of drug-likeness (QED) is 0.738. The van der Waals surface area contributed by atoms with E-state index in [0.717, 1.165) is 16.5 Å². The van der Waals surface area contributed by atoms with E-state index in [1.54, 1.807) is 0 Å². The highest BCUT2D eigenvalue weighted by atomic mass is 35.5. The molecule has 1 aromatic carbocycles. The number of thioether (sulfide) groups is 1. The molecule has 0 radical (unpaired) electrons. The normalized spacial score (nSPS) is 18.2. The molecule has 2 saturated carbocycles. The molecule has 1 N–H and O–H groups in total. The van der Waals surface area contributed by atoms with E-state index in [4.69, 9.17) is 11.6 Å². The van der Waals surface area contributed by atoms with E-state index >= 15 is 0 Å². The van der Waals surface area contributed by atoms with Gasteiger partial charge in [0.05, 0.1) is 11.8 Å². The second kappa shape index (κ2) is 7.00. The molecule has 0 bridgehead atoms. The van der Waals surface area contributed by atoms with Crippen LogP contribution in [0.4, 0.5) is 0 Å². The van der Waals surface area contributed by atoms with Gasteiger partial charge in [-0.2, -0.15) is 0 Å². The molecule has 1 atom stereocenters. The van der Waals surface area contributed by atoms with Crippen molar-refractivity contribution in [2.45, 2.75) is 55.8 Å². The summed E-state index contributed by atoms with van der Waals surface area (Å²) < 4.78 is 2.27. The minimum absolute atomic E-state index is 0.00389. The number of nitrogens with one attached hydrogen (secondary N) is 1. The van der Waals surface area contributed by atoms with Gasteiger partial charge in [-0.3, -0.25) is 4.79 Å². The van der Waals surface area contributed by atoms with E-state index in [0.29, 0.717) is 22.7 Å². The number of carbonyl (C=O) groups is 1. The van der Waals surface area contributed by atoms with Gasteiger partial charge in [-0.05, 0) is 50.3 Å². The topological polar surface area (TPSA) is 59.8 Å². The minimum Gasteiger partial charge on any atom is -0.349 e. The lowest BCUT2D eigenvalue weighted by Crippen LogP contribution is -2.28. The molecule has 0 saturated heterocycles. The van der Waals surface area contributed by atoms with Crippen LogP contribution in [0.25, 0.3) is 0 Å². The number of benzene rings is 1. The predicted octanol–water partition coefficient (Wildman–Crippen LogP) is 4.11. The molecule has 7 heteroatoms. The van der Waals surface area contributed by atoms with E-state index in [1.165, 1.54) is 37.4 Å². The number of amides is 1. The summed E-state index contributed by atoms with van der Waals surface area (Å²) in [5.41, 5.74) is 1.00. The number of aromatic nitrogens is 3. The number of nitrogens with zero attached hydrogens (tertiary/aromatic N) is 3. The first-order valence-electron chi connectivity index (χ1n) is 8.74. The summed E-state index contributed by atoms with van der Waals surface area (Å²) in [7, 11) is 0. The van der Waals surface area contributed by atoms with Gasteiger partial charge in [0.1, 0.15) is 5.82 Å². The van der Waals surface area contributed by atoms with Gasteiger partial charge in [0.2, 0.25) is 5.91 Å². The van der Waals surface area contributed by atoms with Crippen molar-refractivity contribution in [2.24, 2.45) is 0 Å². The van der Waals surface area contributed by atoms with Crippen molar-refractivity contribution in [3.8, 4) is 0 Å². The van der Waals surface area contributed by atoms with E-state index in [-0.39, 0.29) is 11.9 Å². The van der Waals surface area contributed by atoms with Crippen LogP contribution in [0.1, 0.15) is 62.0 Å². The van der Waals surface area contributed by atoms with Gasteiger partial charge in [-0.1, -0.05) is 35.5 Å². The number of rotatable bonds is 7. The number of carbonyl (C=O) groups excluding carboxylic acids is 1. The SMILES string of the molecule is C[C@H](NC(=O)CSc1nnc(C2CC2)n1C1CC1)c1cccc(Cl)c1. The third-order valence-corrected chi connectivity index (χ3v) is 5.78. The maximum atomic E-state index is 12.3. The second-order valence-electron chi connectivity index (χ2n) is 6.85. The highest BCUT2D eigenvalue weighted by Gasteiger charge is 2.36. The molecule has 2 aliphatic rings. The molecule has 0 aliphatic heterocycles. The molecule has 2 aliphatic carbocycles. The van der Waals surface area contributed by atoms with Crippen LogP contribution in [0.3, 0.4) is 0 Å². The fraction of sp³-hybridized carbons (Fsp3) is 0.500. The van der Waals surface area contributed by atoms with Gasteiger partial charge in [-0.25, -0.2) is 0 Å². The lowest BCUT2D eigenvalue weighted by atomic mass is 10.1. The summed E-state index contributed by atoms with van der Waals surface area (Å²) in [5.74, 6) is 2.05. The molecule has 0 spiro atoms. The van der Waals surface area contributed by atoms with Crippen LogP contribution in [-0.2, 0) is 4.79 Å². The lowest BCUT2D eigenvalue weighted by molar-refractivity contribution is -0.119. The molecular weight excluding hydrogens is 356 g/mol. The molecule has 1 amide bonds. The molecule has 1 heterocycles. The molecule has 4 rings (SSSR count). The minimum atomic E-state index is -0.0740. The fourth-order valence-electron chi connectivity index (χ4n) is 2.96. The van der Waals surface area contributed by atoms with Gasteiger partial charge >= 0.3 is 0 Å². The monoisotopic (exact) mass is 376 g/mol. The van der Waals surface area contributed by atoms with Crippen molar-refractivity contribution in [2.75, 3.05) is 5.75 Å². The Labute approximate surface area is 156 Å². The summed E-state index contributed by atoms with van der Waals surface area (Å²) >= 11 is 7.50. The largest absolute Gasteiger partial charge is 0.349 e. The summed E-state index contributed by atoms with van der Waals surface area (Å²) in [5, 5.41) is 13.3. The molecule has 25 heavy (non-hydrogen) atoms. The van der Waals surface area contributed by atoms with Gasteiger partial charge in [0.25, 0.3) is 0 Å². The summed E-state index contributed by atoms with van der Waals surface area (Å²) in [6, 6.07) is 8.04. The average Bonchev–Trinajstić information content (AvgIpc) is 3.51. The first kappa shape index (κ1) is 16.9. The van der Waals surface area contributed by atoms with Crippen LogP contribution in [0.2, 0.25) is 5.02 Å². The van der Waals surface area contributed by atoms with Crippen molar-refractivity contribution >= 4 is 29.3 Å². The van der Waals surface area contributed by atoms with E-state index in [9.17, 15) is 4.79 Å². The molecule has 0 unspecified atom stereocenters. The second-order valence-corrected chi connectivity index (χ2v) is 8.23. The maximum absolute atomic E-state index is 12.3. The first-order chi connectivity index (χ1) is 12.1. The zero-order valence-electron chi connectivity index (χ0n) is 14.1. The zero-order valence-corrected chi connectivity index (χ0v) is 15.7. The Bertz CT molecular complexity index is 785. The average molecular weight is 377 g/mol. The predicted molar refractivity (Wildman–Crippen MR) is 99.0 cm³/mol. The molecular formula is C18H21ClN4OS. The Morgan fingerprint density at radius 3 is 2.84 bits per heavy atom. The first-order valence-corrected chi connectivity index (χ1v) is 10.1. The van der Waals surface area contributed by atoms with Crippen molar-refractivity contribution in [3.05, 3.63) is 40.7 Å². The Morgan fingerprint density at radius 1 is 1.36 bits per heavy atom. The highest BCUT2D eigenvalue weighted by molar-refractivity contribution is 7.99. The van der Waals surface area contributed by atoms with E-state index < -0.39 is 0 Å². The Hall–Kier alpha value is -1.53. The number of halogens is 1. The number of hydrogen-bond acceptors (Lipinski definition) is 4. The Morgan fingerprint density at radius 2 is 2.16 bits per heavy atom. The summed E-state index contributed by atoms with van der Waals surface area (Å²) in [6.45, 7) is 1.96. The van der Waals surface area contributed by atoms with Crippen molar-refractivity contribution in [1.82, 2.24) is 20.1 Å².